The molecule has 1 aliphatic rings. The fourth-order valence-electron chi connectivity index (χ4n) is 7.76. The van der Waals surface area contributed by atoms with Gasteiger partial charge in [-0.1, -0.05) is 24.3 Å². The van der Waals surface area contributed by atoms with E-state index < -0.39 is 90.5 Å². The van der Waals surface area contributed by atoms with E-state index in [1.54, 1.807) is 31.9 Å². The van der Waals surface area contributed by atoms with Crippen molar-refractivity contribution >= 4 is 70.5 Å². The topological polar surface area (TPSA) is 391 Å². The Balaban J connectivity index is 1.35. The summed E-state index contributed by atoms with van der Waals surface area (Å²) in [5.74, 6) is -9.09. The summed E-state index contributed by atoms with van der Waals surface area (Å²) in [6.07, 6.45) is 2.30. The number of rotatable bonds is 27. The molecule has 402 valence electrons. The third kappa shape index (κ3) is 21.9. The lowest BCUT2D eigenvalue weighted by Crippen LogP contribution is -2.51. The molecule has 0 bridgehead atoms. The number of amides is 5. The highest BCUT2D eigenvalue weighted by Gasteiger charge is 2.27. The Labute approximate surface area is 424 Å². The normalized spacial score (nSPS) is 15.5. The van der Waals surface area contributed by atoms with Crippen LogP contribution >= 0.6 is 0 Å². The molecule has 2 aromatic heterocycles. The summed E-state index contributed by atoms with van der Waals surface area (Å²) >= 11 is 0. The zero-order valence-electron chi connectivity index (χ0n) is 40.5. The number of nitrogens with zero attached hydrogens (tertiary/aromatic N) is 6. The predicted octanol–water partition coefficient (Wildman–Crippen LogP) is -1.58. The van der Waals surface area contributed by atoms with Gasteiger partial charge in [-0.3, -0.25) is 63.1 Å². The average molecular weight is 1040 g/mol. The first kappa shape index (κ1) is 58.7. The first-order chi connectivity index (χ1) is 35.2. The molecule has 0 aliphatic carbocycles. The number of benzene rings is 1. The molecule has 74 heavy (non-hydrogen) atoms. The van der Waals surface area contributed by atoms with Crippen LogP contribution in [0.5, 0.6) is 0 Å². The fraction of sp³-hybridized carbons (Fsp3) is 0.489. The number of hydrogen-bond acceptors (Lipinski definition) is 16. The lowest BCUT2D eigenvalue weighted by molar-refractivity contribution is -0.141. The van der Waals surface area contributed by atoms with Crippen LogP contribution in [0.1, 0.15) is 53.7 Å². The van der Waals surface area contributed by atoms with E-state index in [-0.39, 0.29) is 123 Å². The Morgan fingerprint density at radius 1 is 0.541 bits per heavy atom. The largest absolute Gasteiger partial charge is 0.481 e. The van der Waals surface area contributed by atoms with Crippen molar-refractivity contribution in [3.8, 4) is 0 Å². The Hall–Kier alpha value is -7.88. The van der Waals surface area contributed by atoms with Gasteiger partial charge in [0.2, 0.25) is 11.8 Å². The van der Waals surface area contributed by atoms with Crippen molar-refractivity contribution in [3.63, 3.8) is 0 Å². The van der Waals surface area contributed by atoms with Crippen LogP contribution in [0.3, 0.4) is 0 Å². The van der Waals surface area contributed by atoms with Crippen LogP contribution in [-0.4, -0.2) is 223 Å². The lowest BCUT2D eigenvalue weighted by Gasteiger charge is -2.32. The van der Waals surface area contributed by atoms with E-state index in [0.717, 1.165) is 5.39 Å². The molecule has 1 fully saturated rings. The number of aliphatic carboxylic acids is 6. The number of fused-ring (bicyclic) bond motifs is 1. The lowest BCUT2D eigenvalue weighted by atomic mass is 10.0. The summed E-state index contributed by atoms with van der Waals surface area (Å²) in [7, 11) is 0. The zero-order chi connectivity index (χ0) is 54.2. The zero-order valence-corrected chi connectivity index (χ0v) is 40.5. The maximum atomic E-state index is 13.7. The molecule has 11 N–H and O–H groups in total. The third-order valence-corrected chi connectivity index (χ3v) is 11.7. The summed E-state index contributed by atoms with van der Waals surface area (Å²) in [4.78, 5) is 137. The van der Waals surface area contributed by atoms with Crippen LogP contribution < -0.4 is 26.6 Å². The molecule has 5 amide bonds. The van der Waals surface area contributed by atoms with Gasteiger partial charge in [-0.25, -0.2) is 14.4 Å². The van der Waals surface area contributed by atoms with Gasteiger partial charge >= 0.3 is 41.8 Å². The van der Waals surface area contributed by atoms with E-state index >= 15 is 0 Å². The van der Waals surface area contributed by atoms with Crippen LogP contribution in [0, 0.1) is 0 Å². The van der Waals surface area contributed by atoms with Crippen molar-refractivity contribution in [1.29, 1.82) is 0 Å². The molecule has 1 saturated heterocycles. The maximum Gasteiger partial charge on any atom is 0.326 e. The standard InChI is InChI=1S/C47H63N11O16/c59-38(26-55-13-15-56(27-40(62)63)17-19-58(29-42(66)67)20-18-57(16-14-55)28-41(64)65)51-24-30-8-9-34(50-23-30)44(69)52-37(22-31-21-32-5-1-2-6-33(32)49-25-31)43(68)48-12-4-3-7-35(45(70)71)53-47(74)54-36(46(72)73)10-11-39(60)61/h1-2,5-6,8-9,21,23,25,35-37H,3-4,7,10-20,22,24,26-29H2,(H,48,68)(H,51,59)(H,52,69)(H,60,61)(H,62,63)(H,64,65)(H,66,67)(H,70,71)(H,72,73)(H2,53,54,74)/t35-,36-,37+/m0/s1. The molecular weight excluding hydrogens is 975 g/mol. The molecule has 0 saturated carbocycles. The first-order valence-corrected chi connectivity index (χ1v) is 23.7. The molecule has 3 heterocycles. The smallest absolute Gasteiger partial charge is 0.326 e. The third-order valence-electron chi connectivity index (χ3n) is 11.7. The minimum absolute atomic E-state index is 0.00745. The molecule has 1 aromatic carbocycles. The molecule has 4 rings (SSSR count). The summed E-state index contributed by atoms with van der Waals surface area (Å²) < 4.78 is 0. The van der Waals surface area contributed by atoms with Crippen LogP contribution in [0.4, 0.5) is 4.79 Å². The quantitative estimate of drug-likeness (QED) is 0.0384. The Morgan fingerprint density at radius 3 is 1.58 bits per heavy atom. The van der Waals surface area contributed by atoms with Crippen LogP contribution in [0.25, 0.3) is 10.9 Å². The van der Waals surface area contributed by atoms with Gasteiger partial charge in [0.25, 0.3) is 5.91 Å². The highest BCUT2D eigenvalue weighted by atomic mass is 16.4. The van der Waals surface area contributed by atoms with Crippen molar-refractivity contribution in [2.45, 2.75) is 63.2 Å². The maximum absolute atomic E-state index is 13.7. The number of carbonyl (C=O) groups excluding carboxylic acids is 4. The number of carbonyl (C=O) groups is 10. The van der Waals surface area contributed by atoms with Gasteiger partial charge in [-0.05, 0) is 55.0 Å². The number of urea groups is 1. The number of aromatic nitrogens is 2. The first-order valence-electron chi connectivity index (χ1n) is 23.7. The predicted molar refractivity (Wildman–Crippen MR) is 260 cm³/mol. The van der Waals surface area contributed by atoms with Gasteiger partial charge < -0.3 is 57.2 Å². The van der Waals surface area contributed by atoms with E-state index in [1.165, 1.54) is 12.3 Å². The Kier molecular flexibility index (Phi) is 24.0. The number of nitrogens with one attached hydrogen (secondary N) is 5. The van der Waals surface area contributed by atoms with Gasteiger partial charge in [-0.2, -0.15) is 0 Å². The van der Waals surface area contributed by atoms with Gasteiger partial charge in [0.05, 0.1) is 31.7 Å². The van der Waals surface area contributed by atoms with Gasteiger partial charge in [0.1, 0.15) is 23.8 Å². The summed E-state index contributed by atoms with van der Waals surface area (Å²) in [6.45, 7) is 0.842. The molecule has 0 spiro atoms. The van der Waals surface area contributed by atoms with E-state index in [1.807, 2.05) is 30.3 Å². The Bertz CT molecular complexity index is 2410. The summed E-state index contributed by atoms with van der Waals surface area (Å²) in [5, 5.41) is 69.5. The minimum Gasteiger partial charge on any atom is -0.481 e. The highest BCUT2D eigenvalue weighted by molar-refractivity contribution is 5.96. The van der Waals surface area contributed by atoms with E-state index in [2.05, 4.69) is 36.6 Å². The molecule has 3 aromatic rings. The number of pyridine rings is 2. The van der Waals surface area contributed by atoms with Gasteiger partial charge in [0, 0.05) is 96.1 Å². The monoisotopic (exact) mass is 1040 g/mol. The number of carboxylic acids is 6. The summed E-state index contributed by atoms with van der Waals surface area (Å²) in [5.41, 5.74) is 1.80. The van der Waals surface area contributed by atoms with E-state index in [0.29, 0.717) is 16.6 Å². The van der Waals surface area contributed by atoms with Crippen LogP contribution in [-0.2, 0) is 51.3 Å². The van der Waals surface area contributed by atoms with Crippen molar-refractivity contribution in [2.75, 3.05) is 85.1 Å². The molecular formula is C47H63N11O16. The second kappa shape index (κ2) is 30.2. The summed E-state index contributed by atoms with van der Waals surface area (Å²) in [6, 6.07) is 6.85. The number of hydrogen-bond donors (Lipinski definition) is 11. The molecule has 1 aliphatic heterocycles. The van der Waals surface area contributed by atoms with Crippen molar-refractivity contribution in [1.82, 2.24) is 56.2 Å². The van der Waals surface area contributed by atoms with Crippen molar-refractivity contribution in [3.05, 3.63) is 71.7 Å². The number of unbranched alkanes of at least 4 members (excludes halogenated alkanes) is 1. The van der Waals surface area contributed by atoms with Crippen molar-refractivity contribution in [2.24, 2.45) is 0 Å². The molecule has 3 atom stereocenters. The van der Waals surface area contributed by atoms with Gasteiger partial charge in [-0.15, -0.1) is 0 Å². The van der Waals surface area contributed by atoms with Crippen LogP contribution in [0.2, 0.25) is 0 Å². The molecule has 27 nitrogen and oxygen atoms in total. The van der Waals surface area contributed by atoms with Crippen LogP contribution in [0.15, 0.2) is 54.9 Å². The minimum atomic E-state index is -1.57. The Morgan fingerprint density at radius 2 is 1.07 bits per heavy atom. The molecule has 0 radical (unpaired) electrons. The second-order valence-electron chi connectivity index (χ2n) is 17.5. The second-order valence-corrected chi connectivity index (χ2v) is 17.5. The fourth-order valence-corrected chi connectivity index (χ4v) is 7.76. The van der Waals surface area contributed by atoms with Crippen molar-refractivity contribution < 1.29 is 78.6 Å². The van der Waals surface area contributed by atoms with Gasteiger partial charge in [0.15, 0.2) is 0 Å². The SMILES string of the molecule is O=C(O)CC[C@H](NC(=O)N[C@@H](CCCCNC(=O)[C@@H](Cc1cnc2ccccc2c1)NC(=O)c1ccc(CNC(=O)CN2CCN(CC(=O)O)CCN(CC(=O)O)CCN(CC(=O)O)CC2)cn1)C(=O)O)C(=O)O. The number of carboxylic acid groups (broad SMARTS) is 6. The molecule has 27 heteroatoms. The highest BCUT2D eigenvalue weighted by Crippen LogP contribution is 2.15. The van der Waals surface area contributed by atoms with E-state index in [9.17, 15) is 73.5 Å². The number of para-hydroxylation sites is 1. The van der Waals surface area contributed by atoms with E-state index in [4.69, 9.17) is 5.11 Å². The molecule has 0 unspecified atom stereocenters. The average Bonchev–Trinajstić information content (AvgIpc) is 3.34.